The molecule has 0 amide bonds. The van der Waals surface area contributed by atoms with E-state index in [0.717, 1.165) is 13.0 Å². The first kappa shape index (κ1) is 14.2. The molecule has 0 aliphatic rings. The number of likely N-dealkylation sites (N-methyl/N-ethyl adjacent to an activating group) is 1. The average Bonchev–Trinajstić information content (AvgIpc) is 2.26. The van der Waals surface area contributed by atoms with Crippen molar-refractivity contribution in [3.8, 4) is 0 Å². The molecule has 0 aliphatic carbocycles. The lowest BCUT2D eigenvalue weighted by Crippen LogP contribution is -2.40. The smallest absolute Gasteiger partial charge is 0.0168 e. The highest BCUT2D eigenvalue weighted by Gasteiger charge is 2.08. The Morgan fingerprint density at radius 1 is 1.06 bits per heavy atom. The highest BCUT2D eigenvalue weighted by molar-refractivity contribution is 5.14. The van der Waals surface area contributed by atoms with Crippen LogP contribution in [-0.2, 0) is 6.42 Å². The number of benzene rings is 1. The molecule has 2 nitrogen and oxygen atoms in total. The Bertz CT molecular complexity index is 295. The van der Waals surface area contributed by atoms with Gasteiger partial charge in [0.05, 0.1) is 0 Å². The summed E-state index contributed by atoms with van der Waals surface area (Å²) in [7, 11) is 4.24. The summed E-state index contributed by atoms with van der Waals surface area (Å²) in [4.78, 5) is 2.22. The number of aryl methyl sites for hydroxylation is 1. The van der Waals surface area contributed by atoms with Crippen LogP contribution in [0.3, 0.4) is 0 Å². The molecule has 1 aromatic rings. The summed E-state index contributed by atoms with van der Waals surface area (Å²) in [5.41, 5.74) is 1.43. The minimum Gasteiger partial charge on any atom is -0.310 e. The molecule has 96 valence electrons. The van der Waals surface area contributed by atoms with Gasteiger partial charge in [-0.2, -0.15) is 0 Å². The standard InChI is InChI=1S/C15H26N2/c1-13(16-14(2)12-17(3)4)10-11-15-8-6-5-7-9-15/h5-9,13-14,16H,10-12H2,1-4H3. The lowest BCUT2D eigenvalue weighted by molar-refractivity contribution is 0.328. The van der Waals surface area contributed by atoms with Gasteiger partial charge in [-0.05, 0) is 46.3 Å². The second-order valence-corrected chi connectivity index (χ2v) is 5.26. The van der Waals surface area contributed by atoms with E-state index in [2.05, 4.69) is 68.5 Å². The molecule has 0 spiro atoms. The zero-order valence-corrected chi connectivity index (χ0v) is 11.6. The SMILES string of the molecule is CC(CCc1ccccc1)NC(C)CN(C)C. The van der Waals surface area contributed by atoms with Gasteiger partial charge < -0.3 is 10.2 Å². The average molecular weight is 234 g/mol. The second-order valence-electron chi connectivity index (χ2n) is 5.26. The third-order valence-corrected chi connectivity index (χ3v) is 2.92. The lowest BCUT2D eigenvalue weighted by Gasteiger charge is -2.22. The summed E-state index contributed by atoms with van der Waals surface area (Å²) in [5, 5.41) is 3.64. The quantitative estimate of drug-likeness (QED) is 0.780. The molecule has 0 radical (unpaired) electrons. The van der Waals surface area contributed by atoms with Crippen molar-refractivity contribution in [2.24, 2.45) is 0 Å². The first-order valence-electron chi connectivity index (χ1n) is 6.52. The molecule has 2 atom stereocenters. The summed E-state index contributed by atoms with van der Waals surface area (Å²) < 4.78 is 0. The van der Waals surface area contributed by atoms with Crippen molar-refractivity contribution in [1.82, 2.24) is 10.2 Å². The van der Waals surface area contributed by atoms with Crippen LogP contribution in [0.4, 0.5) is 0 Å². The first-order valence-corrected chi connectivity index (χ1v) is 6.52. The fraction of sp³-hybridized carbons (Fsp3) is 0.600. The van der Waals surface area contributed by atoms with Gasteiger partial charge in [-0.1, -0.05) is 30.3 Å². The van der Waals surface area contributed by atoms with Gasteiger partial charge in [0.2, 0.25) is 0 Å². The summed E-state index contributed by atoms with van der Waals surface area (Å²) in [6.45, 7) is 5.61. The fourth-order valence-electron chi connectivity index (χ4n) is 2.20. The minimum absolute atomic E-state index is 0.552. The minimum atomic E-state index is 0.552. The molecule has 0 saturated carbocycles. The highest BCUT2D eigenvalue weighted by Crippen LogP contribution is 2.05. The van der Waals surface area contributed by atoms with Gasteiger partial charge in [-0.15, -0.1) is 0 Å². The maximum absolute atomic E-state index is 3.64. The Kier molecular flexibility index (Phi) is 6.23. The van der Waals surface area contributed by atoms with Gasteiger partial charge in [-0.25, -0.2) is 0 Å². The number of hydrogen-bond donors (Lipinski definition) is 1. The highest BCUT2D eigenvalue weighted by atomic mass is 15.1. The summed E-state index contributed by atoms with van der Waals surface area (Å²) in [5.74, 6) is 0. The molecule has 0 saturated heterocycles. The van der Waals surface area contributed by atoms with Crippen LogP contribution in [0.15, 0.2) is 30.3 Å². The van der Waals surface area contributed by atoms with Crippen LogP contribution in [-0.4, -0.2) is 37.6 Å². The predicted molar refractivity (Wildman–Crippen MR) is 75.4 cm³/mol. The Labute approximate surface area is 106 Å². The van der Waals surface area contributed by atoms with E-state index in [9.17, 15) is 0 Å². The number of nitrogens with zero attached hydrogens (tertiary/aromatic N) is 1. The molecule has 17 heavy (non-hydrogen) atoms. The van der Waals surface area contributed by atoms with E-state index < -0.39 is 0 Å². The van der Waals surface area contributed by atoms with Crippen molar-refractivity contribution in [3.63, 3.8) is 0 Å². The van der Waals surface area contributed by atoms with Crippen LogP contribution >= 0.6 is 0 Å². The van der Waals surface area contributed by atoms with Crippen LogP contribution in [0, 0.1) is 0 Å². The van der Waals surface area contributed by atoms with E-state index in [0.29, 0.717) is 12.1 Å². The normalized spacial score (nSPS) is 14.9. The molecule has 2 unspecified atom stereocenters. The van der Waals surface area contributed by atoms with Crippen molar-refractivity contribution in [1.29, 1.82) is 0 Å². The molecular formula is C15H26N2. The van der Waals surface area contributed by atoms with Crippen LogP contribution in [0.5, 0.6) is 0 Å². The van der Waals surface area contributed by atoms with Crippen molar-refractivity contribution < 1.29 is 0 Å². The molecule has 1 aromatic carbocycles. The Morgan fingerprint density at radius 2 is 1.71 bits per heavy atom. The third kappa shape index (κ3) is 6.44. The summed E-state index contributed by atoms with van der Waals surface area (Å²) in [6.07, 6.45) is 2.35. The van der Waals surface area contributed by atoms with Gasteiger partial charge in [0.15, 0.2) is 0 Å². The number of hydrogen-bond acceptors (Lipinski definition) is 2. The summed E-state index contributed by atoms with van der Waals surface area (Å²) >= 11 is 0. The van der Waals surface area contributed by atoms with Gasteiger partial charge in [-0.3, -0.25) is 0 Å². The monoisotopic (exact) mass is 234 g/mol. The number of rotatable bonds is 7. The van der Waals surface area contributed by atoms with E-state index in [1.807, 2.05) is 0 Å². The van der Waals surface area contributed by atoms with Crippen LogP contribution in [0.1, 0.15) is 25.8 Å². The largest absolute Gasteiger partial charge is 0.310 e. The van der Waals surface area contributed by atoms with Gasteiger partial charge in [0, 0.05) is 18.6 Å². The first-order chi connectivity index (χ1) is 8.08. The van der Waals surface area contributed by atoms with Gasteiger partial charge >= 0.3 is 0 Å². The van der Waals surface area contributed by atoms with Crippen LogP contribution in [0.2, 0.25) is 0 Å². The summed E-state index contributed by atoms with van der Waals surface area (Å²) in [6, 6.07) is 11.8. The Balaban J connectivity index is 2.23. The molecule has 0 aliphatic heterocycles. The van der Waals surface area contributed by atoms with Crippen molar-refractivity contribution in [3.05, 3.63) is 35.9 Å². The molecule has 0 aromatic heterocycles. The van der Waals surface area contributed by atoms with Crippen molar-refractivity contribution in [2.45, 2.75) is 38.8 Å². The lowest BCUT2D eigenvalue weighted by atomic mass is 10.1. The molecule has 0 bridgehead atoms. The second kappa shape index (κ2) is 7.46. The molecule has 0 fully saturated rings. The van der Waals surface area contributed by atoms with Crippen molar-refractivity contribution in [2.75, 3.05) is 20.6 Å². The van der Waals surface area contributed by atoms with Gasteiger partial charge in [0.1, 0.15) is 0 Å². The number of nitrogens with one attached hydrogen (secondary N) is 1. The molecule has 1 N–H and O–H groups in total. The van der Waals surface area contributed by atoms with E-state index in [4.69, 9.17) is 0 Å². The van der Waals surface area contributed by atoms with E-state index in [1.54, 1.807) is 0 Å². The Hall–Kier alpha value is -0.860. The maximum Gasteiger partial charge on any atom is 0.0168 e. The van der Waals surface area contributed by atoms with E-state index in [1.165, 1.54) is 12.0 Å². The topological polar surface area (TPSA) is 15.3 Å². The zero-order chi connectivity index (χ0) is 12.7. The molecular weight excluding hydrogens is 208 g/mol. The fourth-order valence-corrected chi connectivity index (χ4v) is 2.20. The third-order valence-electron chi connectivity index (χ3n) is 2.92. The molecule has 2 heteroatoms. The molecule has 1 rings (SSSR count). The van der Waals surface area contributed by atoms with Crippen molar-refractivity contribution >= 4 is 0 Å². The van der Waals surface area contributed by atoms with Gasteiger partial charge in [0.25, 0.3) is 0 Å². The molecule has 0 heterocycles. The predicted octanol–water partition coefficient (Wildman–Crippen LogP) is 2.55. The zero-order valence-electron chi connectivity index (χ0n) is 11.6. The van der Waals surface area contributed by atoms with E-state index >= 15 is 0 Å². The van der Waals surface area contributed by atoms with E-state index in [-0.39, 0.29) is 0 Å². The Morgan fingerprint density at radius 3 is 2.29 bits per heavy atom. The maximum atomic E-state index is 3.64. The van der Waals surface area contributed by atoms with Crippen LogP contribution in [0.25, 0.3) is 0 Å². The van der Waals surface area contributed by atoms with Crippen LogP contribution < -0.4 is 5.32 Å².